The first kappa shape index (κ1) is 16.6. The Morgan fingerprint density at radius 2 is 1.76 bits per heavy atom. The summed E-state index contributed by atoms with van der Waals surface area (Å²) in [5.74, 6) is -0.151. The van der Waals surface area contributed by atoms with E-state index in [2.05, 4.69) is 35.5 Å². The first-order valence-electron chi connectivity index (χ1n) is 7.88. The molecule has 3 rings (SSSR count). The number of anilines is 3. The van der Waals surface area contributed by atoms with Crippen molar-refractivity contribution in [3.8, 4) is 0 Å². The Balaban J connectivity index is 1.67. The minimum Gasteiger partial charge on any atom is -0.340 e. The van der Waals surface area contributed by atoms with Gasteiger partial charge in [-0.2, -0.15) is 0 Å². The van der Waals surface area contributed by atoms with Crippen LogP contribution in [0, 0.1) is 19.7 Å². The lowest BCUT2D eigenvalue weighted by Gasteiger charge is -2.09. The van der Waals surface area contributed by atoms with E-state index in [1.54, 1.807) is 24.4 Å². The average molecular weight is 335 g/mol. The van der Waals surface area contributed by atoms with Gasteiger partial charge in [0.1, 0.15) is 11.6 Å². The van der Waals surface area contributed by atoms with E-state index in [0.717, 1.165) is 5.69 Å². The van der Waals surface area contributed by atoms with Gasteiger partial charge in [0, 0.05) is 11.3 Å². The van der Waals surface area contributed by atoms with Crippen molar-refractivity contribution in [2.24, 2.45) is 0 Å². The molecular weight excluding hydrogens is 317 g/mol. The van der Waals surface area contributed by atoms with Crippen molar-refractivity contribution in [3.63, 3.8) is 0 Å². The lowest BCUT2D eigenvalue weighted by atomic mass is 10.1. The third-order valence-electron chi connectivity index (χ3n) is 3.89. The summed E-state index contributed by atoms with van der Waals surface area (Å²) in [7, 11) is 0. The van der Waals surface area contributed by atoms with Crippen LogP contribution in [0.3, 0.4) is 0 Å². The number of carbonyl (C=O) groups is 1. The third-order valence-corrected chi connectivity index (χ3v) is 3.89. The lowest BCUT2D eigenvalue weighted by molar-refractivity contribution is 0.102. The van der Waals surface area contributed by atoms with Gasteiger partial charge in [0.25, 0.3) is 5.91 Å². The Labute approximate surface area is 145 Å². The van der Waals surface area contributed by atoms with Crippen molar-refractivity contribution in [1.29, 1.82) is 0 Å². The summed E-state index contributed by atoms with van der Waals surface area (Å²) >= 11 is 0. The number of hydrogen-bond acceptors (Lipinski definition) is 3. The average Bonchev–Trinajstić information content (AvgIpc) is 2.60. The zero-order valence-electron chi connectivity index (χ0n) is 14.0. The van der Waals surface area contributed by atoms with E-state index in [9.17, 15) is 9.18 Å². The van der Waals surface area contributed by atoms with Crippen molar-refractivity contribution in [3.05, 3.63) is 83.3 Å². The van der Waals surface area contributed by atoms with Crippen LogP contribution >= 0.6 is 0 Å². The Bertz CT molecular complexity index is 907. The predicted molar refractivity (Wildman–Crippen MR) is 97.8 cm³/mol. The normalized spacial score (nSPS) is 10.4. The molecule has 1 heterocycles. The van der Waals surface area contributed by atoms with Crippen LogP contribution in [0.5, 0.6) is 0 Å². The summed E-state index contributed by atoms with van der Waals surface area (Å²) in [5, 5.41) is 5.92. The van der Waals surface area contributed by atoms with Crippen molar-refractivity contribution in [2.45, 2.75) is 13.8 Å². The fraction of sp³-hybridized carbons (Fsp3) is 0.100. The van der Waals surface area contributed by atoms with E-state index in [1.165, 1.54) is 29.3 Å². The molecule has 2 N–H and O–H groups in total. The van der Waals surface area contributed by atoms with Crippen LogP contribution in [0.15, 0.2) is 60.8 Å². The second kappa shape index (κ2) is 7.13. The number of aromatic nitrogens is 1. The monoisotopic (exact) mass is 335 g/mol. The standard InChI is InChI=1S/C20H18FN3O/c1-13-6-7-17(10-14(13)2)23-19-9-8-18(12-22-19)24-20(25)15-4-3-5-16(21)11-15/h3-12H,1-2H3,(H,22,23)(H,24,25). The van der Waals surface area contributed by atoms with Gasteiger partial charge < -0.3 is 10.6 Å². The molecule has 0 bridgehead atoms. The van der Waals surface area contributed by atoms with Crippen LogP contribution in [0.25, 0.3) is 0 Å². The SMILES string of the molecule is Cc1ccc(Nc2ccc(NC(=O)c3cccc(F)c3)cn2)cc1C. The summed E-state index contributed by atoms with van der Waals surface area (Å²) in [5.41, 5.74) is 4.18. The van der Waals surface area contributed by atoms with Crippen molar-refractivity contribution < 1.29 is 9.18 Å². The Kier molecular flexibility index (Phi) is 4.75. The molecule has 4 nitrogen and oxygen atoms in total. The molecule has 25 heavy (non-hydrogen) atoms. The first-order valence-corrected chi connectivity index (χ1v) is 7.88. The molecule has 126 valence electrons. The van der Waals surface area contributed by atoms with Crippen LogP contribution < -0.4 is 10.6 Å². The molecule has 0 aliphatic rings. The Hall–Kier alpha value is -3.21. The van der Waals surface area contributed by atoms with E-state index in [4.69, 9.17) is 0 Å². The zero-order chi connectivity index (χ0) is 17.8. The molecule has 2 aromatic carbocycles. The Morgan fingerprint density at radius 1 is 0.960 bits per heavy atom. The van der Waals surface area contributed by atoms with E-state index in [-0.39, 0.29) is 11.5 Å². The van der Waals surface area contributed by atoms with Gasteiger partial charge in [0.05, 0.1) is 11.9 Å². The number of hydrogen-bond donors (Lipinski definition) is 2. The quantitative estimate of drug-likeness (QED) is 0.718. The first-order chi connectivity index (χ1) is 12.0. The van der Waals surface area contributed by atoms with Crippen LogP contribution in [-0.4, -0.2) is 10.9 Å². The number of amides is 1. The number of aryl methyl sites for hydroxylation is 2. The lowest BCUT2D eigenvalue weighted by Crippen LogP contribution is -2.12. The molecule has 1 amide bonds. The van der Waals surface area contributed by atoms with Gasteiger partial charge in [0.15, 0.2) is 0 Å². The molecule has 3 aromatic rings. The molecule has 0 fully saturated rings. The molecule has 0 unspecified atom stereocenters. The van der Waals surface area contributed by atoms with Crippen molar-refractivity contribution >= 4 is 23.1 Å². The third kappa shape index (κ3) is 4.20. The molecule has 0 aliphatic heterocycles. The highest BCUT2D eigenvalue weighted by molar-refractivity contribution is 6.04. The predicted octanol–water partition coefficient (Wildman–Crippen LogP) is 4.83. The molecular formula is C20H18FN3O. The van der Waals surface area contributed by atoms with Gasteiger partial charge in [-0.1, -0.05) is 12.1 Å². The molecule has 0 spiro atoms. The van der Waals surface area contributed by atoms with Crippen LogP contribution in [-0.2, 0) is 0 Å². The number of carbonyl (C=O) groups excluding carboxylic acids is 1. The highest BCUT2D eigenvalue weighted by atomic mass is 19.1. The van der Waals surface area contributed by atoms with Gasteiger partial charge in [-0.25, -0.2) is 9.37 Å². The molecule has 0 aliphatic carbocycles. The minimum absolute atomic E-state index is 0.261. The minimum atomic E-state index is -0.446. The van der Waals surface area contributed by atoms with Gasteiger partial charge >= 0.3 is 0 Å². The highest BCUT2D eigenvalue weighted by Crippen LogP contribution is 2.19. The largest absolute Gasteiger partial charge is 0.340 e. The molecule has 0 radical (unpaired) electrons. The number of rotatable bonds is 4. The number of benzene rings is 2. The second-order valence-electron chi connectivity index (χ2n) is 5.82. The summed E-state index contributed by atoms with van der Waals surface area (Å²) in [4.78, 5) is 16.4. The Morgan fingerprint density at radius 3 is 2.44 bits per heavy atom. The summed E-state index contributed by atoms with van der Waals surface area (Å²) in [6.07, 6.45) is 1.56. The maximum atomic E-state index is 13.2. The molecule has 0 atom stereocenters. The second-order valence-corrected chi connectivity index (χ2v) is 5.82. The van der Waals surface area contributed by atoms with Gasteiger partial charge in [-0.3, -0.25) is 4.79 Å². The fourth-order valence-electron chi connectivity index (χ4n) is 2.34. The van der Waals surface area contributed by atoms with E-state index < -0.39 is 5.82 Å². The molecule has 0 saturated heterocycles. The van der Waals surface area contributed by atoms with E-state index in [1.807, 2.05) is 12.1 Å². The summed E-state index contributed by atoms with van der Waals surface area (Å²) < 4.78 is 13.2. The van der Waals surface area contributed by atoms with Crippen LogP contribution in [0.2, 0.25) is 0 Å². The van der Waals surface area contributed by atoms with Crippen molar-refractivity contribution in [2.75, 3.05) is 10.6 Å². The number of nitrogens with one attached hydrogen (secondary N) is 2. The number of pyridine rings is 1. The van der Waals surface area contributed by atoms with Crippen LogP contribution in [0.4, 0.5) is 21.6 Å². The maximum absolute atomic E-state index is 13.2. The number of nitrogens with zero attached hydrogens (tertiary/aromatic N) is 1. The summed E-state index contributed by atoms with van der Waals surface area (Å²) in [6.45, 7) is 4.12. The topological polar surface area (TPSA) is 54.0 Å². The smallest absolute Gasteiger partial charge is 0.255 e. The van der Waals surface area contributed by atoms with Crippen LogP contribution in [0.1, 0.15) is 21.5 Å². The van der Waals surface area contributed by atoms with Gasteiger partial charge in [-0.05, 0) is 67.4 Å². The van der Waals surface area contributed by atoms with Gasteiger partial charge in [0.2, 0.25) is 0 Å². The summed E-state index contributed by atoms with van der Waals surface area (Å²) in [6, 6.07) is 15.2. The highest BCUT2D eigenvalue weighted by Gasteiger charge is 2.07. The van der Waals surface area contributed by atoms with E-state index in [0.29, 0.717) is 11.5 Å². The molecule has 1 aromatic heterocycles. The number of halogens is 1. The maximum Gasteiger partial charge on any atom is 0.255 e. The zero-order valence-corrected chi connectivity index (χ0v) is 14.0. The van der Waals surface area contributed by atoms with Gasteiger partial charge in [-0.15, -0.1) is 0 Å². The van der Waals surface area contributed by atoms with Crippen molar-refractivity contribution in [1.82, 2.24) is 4.98 Å². The molecule has 5 heteroatoms. The fourth-order valence-corrected chi connectivity index (χ4v) is 2.34. The van der Waals surface area contributed by atoms with E-state index >= 15 is 0 Å². The molecule has 0 saturated carbocycles.